The lowest BCUT2D eigenvalue weighted by molar-refractivity contribution is -0.126. The fraction of sp³-hybridized carbons (Fsp3) is 0.923. The van der Waals surface area contributed by atoms with E-state index in [9.17, 15) is 9.90 Å². The minimum absolute atomic E-state index is 0.0226. The Balaban J connectivity index is 1.76. The molecule has 1 amide bonds. The van der Waals surface area contributed by atoms with Crippen LogP contribution in [0.4, 0.5) is 0 Å². The van der Waals surface area contributed by atoms with Gasteiger partial charge in [-0.1, -0.05) is 0 Å². The number of amides is 1. The van der Waals surface area contributed by atoms with Crippen molar-refractivity contribution >= 4 is 5.91 Å². The van der Waals surface area contributed by atoms with Crippen LogP contribution < -0.4 is 5.32 Å². The van der Waals surface area contributed by atoms with Crippen LogP contribution in [0.15, 0.2) is 0 Å². The highest BCUT2D eigenvalue weighted by Crippen LogP contribution is 2.23. The minimum Gasteiger partial charge on any atom is -0.393 e. The number of rotatable bonds is 4. The Morgan fingerprint density at radius 3 is 2.29 bits per heavy atom. The SMILES string of the molecule is CC(O)C1CCN(C(C)C(=O)NC2CC2)CC1. The van der Waals surface area contributed by atoms with E-state index in [0.717, 1.165) is 38.8 Å². The van der Waals surface area contributed by atoms with Crippen LogP contribution >= 0.6 is 0 Å². The lowest BCUT2D eigenvalue weighted by Crippen LogP contribution is -2.49. The van der Waals surface area contributed by atoms with E-state index in [1.54, 1.807) is 0 Å². The maximum atomic E-state index is 11.9. The van der Waals surface area contributed by atoms with Crippen molar-refractivity contribution in [3.8, 4) is 0 Å². The van der Waals surface area contributed by atoms with Crippen LogP contribution in [0.2, 0.25) is 0 Å². The second kappa shape index (κ2) is 5.36. The van der Waals surface area contributed by atoms with E-state index < -0.39 is 0 Å². The van der Waals surface area contributed by atoms with Crippen LogP contribution in [-0.2, 0) is 4.79 Å². The third-order valence-corrected chi connectivity index (χ3v) is 4.11. The summed E-state index contributed by atoms with van der Waals surface area (Å²) in [5.41, 5.74) is 0. The van der Waals surface area contributed by atoms with Crippen molar-refractivity contribution < 1.29 is 9.90 Å². The molecular formula is C13H24N2O2. The second-order valence-electron chi connectivity index (χ2n) is 5.57. The Morgan fingerprint density at radius 1 is 1.24 bits per heavy atom. The van der Waals surface area contributed by atoms with Gasteiger partial charge in [0.2, 0.25) is 5.91 Å². The van der Waals surface area contributed by atoms with Gasteiger partial charge in [0.15, 0.2) is 0 Å². The highest BCUT2D eigenvalue weighted by Gasteiger charge is 2.31. The molecule has 1 heterocycles. The number of piperidine rings is 1. The molecule has 0 radical (unpaired) electrons. The predicted octanol–water partition coefficient (Wildman–Crippen LogP) is 0.746. The Morgan fingerprint density at radius 2 is 1.82 bits per heavy atom. The van der Waals surface area contributed by atoms with Crippen LogP contribution in [0.25, 0.3) is 0 Å². The first-order valence-electron chi connectivity index (χ1n) is 6.80. The zero-order chi connectivity index (χ0) is 12.4. The number of carbonyl (C=O) groups is 1. The van der Waals surface area contributed by atoms with Gasteiger partial charge in [-0.05, 0) is 58.5 Å². The molecule has 4 nitrogen and oxygen atoms in total. The van der Waals surface area contributed by atoms with Gasteiger partial charge in [-0.3, -0.25) is 9.69 Å². The van der Waals surface area contributed by atoms with E-state index >= 15 is 0 Å². The summed E-state index contributed by atoms with van der Waals surface area (Å²) in [6, 6.07) is 0.422. The van der Waals surface area contributed by atoms with Gasteiger partial charge in [0.05, 0.1) is 12.1 Å². The normalized spacial score (nSPS) is 26.5. The van der Waals surface area contributed by atoms with Crippen molar-refractivity contribution in [3.63, 3.8) is 0 Å². The quantitative estimate of drug-likeness (QED) is 0.762. The molecule has 4 heteroatoms. The summed E-state index contributed by atoms with van der Waals surface area (Å²) in [5, 5.41) is 12.6. The molecular weight excluding hydrogens is 216 g/mol. The van der Waals surface area contributed by atoms with E-state index in [1.165, 1.54) is 0 Å². The summed E-state index contributed by atoms with van der Waals surface area (Å²) in [6.07, 6.45) is 4.07. The number of hydrogen-bond donors (Lipinski definition) is 2. The fourth-order valence-corrected chi connectivity index (χ4v) is 2.50. The van der Waals surface area contributed by atoms with Crippen molar-refractivity contribution in [3.05, 3.63) is 0 Å². The first kappa shape index (κ1) is 12.8. The summed E-state index contributed by atoms with van der Waals surface area (Å²) in [6.45, 7) is 5.70. The first-order chi connectivity index (χ1) is 8.08. The van der Waals surface area contributed by atoms with E-state index in [0.29, 0.717) is 12.0 Å². The molecule has 2 atom stereocenters. The maximum absolute atomic E-state index is 11.9. The number of nitrogens with one attached hydrogen (secondary N) is 1. The lowest BCUT2D eigenvalue weighted by Gasteiger charge is -2.36. The molecule has 0 spiro atoms. The fourth-order valence-electron chi connectivity index (χ4n) is 2.50. The van der Waals surface area contributed by atoms with E-state index in [1.807, 2.05) is 13.8 Å². The number of carbonyl (C=O) groups excluding carboxylic acids is 1. The highest BCUT2D eigenvalue weighted by atomic mass is 16.3. The molecule has 2 N–H and O–H groups in total. The third-order valence-electron chi connectivity index (χ3n) is 4.11. The third kappa shape index (κ3) is 3.42. The molecule has 0 aromatic rings. The van der Waals surface area contributed by atoms with Crippen molar-refractivity contribution in [2.75, 3.05) is 13.1 Å². The largest absolute Gasteiger partial charge is 0.393 e. The molecule has 1 saturated heterocycles. The molecule has 2 fully saturated rings. The van der Waals surface area contributed by atoms with Crippen molar-refractivity contribution in [1.29, 1.82) is 0 Å². The van der Waals surface area contributed by atoms with Crippen LogP contribution in [0.5, 0.6) is 0 Å². The smallest absolute Gasteiger partial charge is 0.237 e. The average molecular weight is 240 g/mol. The first-order valence-corrected chi connectivity index (χ1v) is 6.80. The zero-order valence-electron chi connectivity index (χ0n) is 10.9. The number of hydrogen-bond acceptors (Lipinski definition) is 3. The second-order valence-corrected chi connectivity index (χ2v) is 5.57. The topological polar surface area (TPSA) is 52.6 Å². The molecule has 98 valence electrons. The summed E-state index contributed by atoms with van der Waals surface area (Å²) in [4.78, 5) is 14.1. The maximum Gasteiger partial charge on any atom is 0.237 e. The summed E-state index contributed by atoms with van der Waals surface area (Å²) >= 11 is 0. The van der Waals surface area contributed by atoms with E-state index in [4.69, 9.17) is 0 Å². The molecule has 2 aliphatic rings. The van der Waals surface area contributed by atoms with Gasteiger partial charge in [-0.15, -0.1) is 0 Å². The van der Waals surface area contributed by atoms with E-state index in [-0.39, 0.29) is 18.1 Å². The molecule has 0 bridgehead atoms. The predicted molar refractivity (Wildman–Crippen MR) is 66.6 cm³/mol. The van der Waals surface area contributed by atoms with Crippen molar-refractivity contribution in [2.24, 2.45) is 5.92 Å². The van der Waals surface area contributed by atoms with Crippen molar-refractivity contribution in [2.45, 2.75) is 57.7 Å². The van der Waals surface area contributed by atoms with Gasteiger partial charge in [0.25, 0.3) is 0 Å². The number of likely N-dealkylation sites (tertiary alicyclic amines) is 1. The molecule has 0 aromatic heterocycles. The van der Waals surface area contributed by atoms with Gasteiger partial charge in [-0.2, -0.15) is 0 Å². The van der Waals surface area contributed by atoms with Gasteiger partial charge in [-0.25, -0.2) is 0 Å². The molecule has 1 saturated carbocycles. The average Bonchev–Trinajstić information content (AvgIpc) is 3.12. The Hall–Kier alpha value is -0.610. The van der Waals surface area contributed by atoms with E-state index in [2.05, 4.69) is 10.2 Å². The van der Waals surface area contributed by atoms with Crippen molar-refractivity contribution in [1.82, 2.24) is 10.2 Å². The summed E-state index contributed by atoms with van der Waals surface area (Å²) in [5.74, 6) is 0.577. The van der Waals surface area contributed by atoms with Gasteiger partial charge in [0.1, 0.15) is 0 Å². The van der Waals surface area contributed by atoms with Gasteiger partial charge >= 0.3 is 0 Å². The molecule has 2 rings (SSSR count). The van der Waals surface area contributed by atoms with Crippen LogP contribution in [0, 0.1) is 5.92 Å². The molecule has 17 heavy (non-hydrogen) atoms. The molecule has 1 aliphatic heterocycles. The van der Waals surface area contributed by atoms with Gasteiger partial charge < -0.3 is 10.4 Å². The minimum atomic E-state index is -0.215. The number of aliphatic hydroxyl groups excluding tert-OH is 1. The van der Waals surface area contributed by atoms with Crippen LogP contribution in [0.1, 0.15) is 39.5 Å². The van der Waals surface area contributed by atoms with Gasteiger partial charge in [0, 0.05) is 6.04 Å². The van der Waals surface area contributed by atoms with Crippen LogP contribution in [-0.4, -0.2) is 47.2 Å². The monoisotopic (exact) mass is 240 g/mol. The Kier molecular flexibility index (Phi) is 4.05. The molecule has 2 unspecified atom stereocenters. The summed E-state index contributed by atoms with van der Waals surface area (Å²) < 4.78 is 0. The standard InChI is InChI=1S/C13H24N2O2/c1-9(13(17)14-12-3-4-12)15-7-5-11(6-8-15)10(2)16/h9-12,16H,3-8H2,1-2H3,(H,14,17). The lowest BCUT2D eigenvalue weighted by atomic mass is 9.91. The zero-order valence-corrected chi connectivity index (χ0v) is 10.9. The number of nitrogens with zero attached hydrogens (tertiary/aromatic N) is 1. The Bertz CT molecular complexity index is 269. The molecule has 0 aromatic carbocycles. The Labute approximate surface area is 103 Å². The highest BCUT2D eigenvalue weighted by molar-refractivity contribution is 5.81. The molecule has 1 aliphatic carbocycles. The summed E-state index contributed by atoms with van der Waals surface area (Å²) in [7, 11) is 0. The number of aliphatic hydroxyl groups is 1. The van der Waals surface area contributed by atoms with Crippen LogP contribution in [0.3, 0.4) is 0 Å².